The van der Waals surface area contributed by atoms with Crippen molar-refractivity contribution in [2.24, 2.45) is 0 Å². The van der Waals surface area contributed by atoms with Crippen LogP contribution in [0.1, 0.15) is 11.4 Å². The lowest BCUT2D eigenvalue weighted by atomic mass is 10.2. The van der Waals surface area contributed by atoms with Crippen LogP contribution < -0.4 is 4.74 Å². The van der Waals surface area contributed by atoms with Gasteiger partial charge in [-0.25, -0.2) is 4.68 Å². The Balaban J connectivity index is 1.99. The summed E-state index contributed by atoms with van der Waals surface area (Å²) in [7, 11) is 0. The SMILES string of the molecule is N#Cc1nnn(CCO)c1CCOc1ccccc1. The molecular formula is C13H14N4O2. The monoisotopic (exact) mass is 258 g/mol. The fraction of sp³-hybridized carbons (Fsp3) is 0.308. The van der Waals surface area contributed by atoms with Crippen molar-refractivity contribution >= 4 is 0 Å². The van der Waals surface area contributed by atoms with Crippen molar-refractivity contribution in [3.63, 3.8) is 0 Å². The molecule has 98 valence electrons. The molecule has 0 atom stereocenters. The van der Waals surface area contributed by atoms with Crippen molar-refractivity contribution in [2.75, 3.05) is 13.2 Å². The van der Waals surface area contributed by atoms with Gasteiger partial charge in [0, 0.05) is 6.42 Å². The van der Waals surface area contributed by atoms with E-state index >= 15 is 0 Å². The molecule has 0 aliphatic heterocycles. The van der Waals surface area contributed by atoms with Crippen LogP contribution in [-0.4, -0.2) is 33.3 Å². The fourth-order valence-corrected chi connectivity index (χ4v) is 1.72. The van der Waals surface area contributed by atoms with Crippen molar-refractivity contribution in [3.05, 3.63) is 41.7 Å². The first kappa shape index (κ1) is 13.1. The summed E-state index contributed by atoms with van der Waals surface area (Å²) in [6.07, 6.45) is 0.519. The molecule has 1 heterocycles. The van der Waals surface area contributed by atoms with Crippen molar-refractivity contribution in [3.8, 4) is 11.8 Å². The molecule has 0 fully saturated rings. The van der Waals surface area contributed by atoms with E-state index in [2.05, 4.69) is 10.3 Å². The van der Waals surface area contributed by atoms with Gasteiger partial charge in [0.1, 0.15) is 11.8 Å². The Morgan fingerprint density at radius 1 is 1.32 bits per heavy atom. The van der Waals surface area contributed by atoms with E-state index in [4.69, 9.17) is 15.1 Å². The molecule has 0 saturated carbocycles. The van der Waals surface area contributed by atoms with Gasteiger partial charge in [-0.3, -0.25) is 0 Å². The average molecular weight is 258 g/mol. The van der Waals surface area contributed by atoms with Crippen LogP contribution in [-0.2, 0) is 13.0 Å². The number of para-hydroxylation sites is 1. The van der Waals surface area contributed by atoms with Crippen LogP contribution in [0.15, 0.2) is 30.3 Å². The average Bonchev–Trinajstić information content (AvgIpc) is 2.83. The van der Waals surface area contributed by atoms with Crippen LogP contribution in [0.3, 0.4) is 0 Å². The zero-order chi connectivity index (χ0) is 13.5. The summed E-state index contributed by atoms with van der Waals surface area (Å²) >= 11 is 0. The minimum absolute atomic E-state index is 0.0409. The van der Waals surface area contributed by atoms with Crippen LogP contribution in [0.25, 0.3) is 0 Å². The molecular weight excluding hydrogens is 244 g/mol. The summed E-state index contributed by atoms with van der Waals surface area (Å²) in [5.41, 5.74) is 0.970. The number of hydrogen-bond acceptors (Lipinski definition) is 5. The van der Waals surface area contributed by atoms with Gasteiger partial charge < -0.3 is 9.84 Å². The standard InChI is InChI=1S/C13H14N4O2/c14-10-12-13(17(7-8-18)16-15-12)6-9-19-11-4-2-1-3-5-11/h1-5,18H,6-9H2. The molecule has 0 saturated heterocycles. The first-order valence-electron chi connectivity index (χ1n) is 5.96. The number of hydrogen-bond donors (Lipinski definition) is 1. The Hall–Kier alpha value is -2.39. The molecule has 0 bridgehead atoms. The first-order valence-corrected chi connectivity index (χ1v) is 5.96. The van der Waals surface area contributed by atoms with Crippen LogP contribution in [0.2, 0.25) is 0 Å². The summed E-state index contributed by atoms with van der Waals surface area (Å²) in [5.74, 6) is 0.780. The van der Waals surface area contributed by atoms with Gasteiger partial charge in [-0.2, -0.15) is 5.26 Å². The number of nitrogens with zero attached hydrogens (tertiary/aromatic N) is 4. The van der Waals surface area contributed by atoms with Gasteiger partial charge in [-0.1, -0.05) is 23.4 Å². The van der Waals surface area contributed by atoms with Gasteiger partial charge in [0.05, 0.1) is 25.5 Å². The van der Waals surface area contributed by atoms with E-state index in [9.17, 15) is 0 Å². The van der Waals surface area contributed by atoms with E-state index in [0.717, 1.165) is 5.75 Å². The first-order chi connectivity index (χ1) is 9.35. The number of benzene rings is 1. The summed E-state index contributed by atoms with van der Waals surface area (Å²) < 4.78 is 7.11. The molecule has 19 heavy (non-hydrogen) atoms. The summed E-state index contributed by atoms with van der Waals surface area (Å²) in [5, 5.41) is 25.5. The van der Waals surface area contributed by atoms with Gasteiger partial charge in [0.25, 0.3) is 0 Å². The predicted octanol–water partition coefficient (Wildman–Crippen LogP) is 0.764. The lowest BCUT2D eigenvalue weighted by molar-refractivity contribution is 0.262. The van der Waals surface area contributed by atoms with Crippen LogP contribution in [0, 0.1) is 11.3 Å². The zero-order valence-electron chi connectivity index (χ0n) is 10.4. The maximum atomic E-state index is 8.95. The van der Waals surface area contributed by atoms with Gasteiger partial charge in [-0.15, -0.1) is 5.10 Å². The second kappa shape index (κ2) is 6.52. The molecule has 0 amide bonds. The summed E-state index contributed by atoms with van der Waals surface area (Å²) in [6.45, 7) is 0.716. The zero-order valence-corrected chi connectivity index (χ0v) is 10.4. The maximum absolute atomic E-state index is 8.95. The Morgan fingerprint density at radius 2 is 2.11 bits per heavy atom. The largest absolute Gasteiger partial charge is 0.493 e. The minimum Gasteiger partial charge on any atom is -0.493 e. The number of ether oxygens (including phenoxy) is 1. The lowest BCUT2D eigenvalue weighted by Crippen LogP contribution is -2.12. The Bertz CT molecular complexity index is 560. The smallest absolute Gasteiger partial charge is 0.185 e. The Morgan fingerprint density at radius 3 is 2.79 bits per heavy atom. The lowest BCUT2D eigenvalue weighted by Gasteiger charge is -2.07. The third-order valence-electron chi connectivity index (χ3n) is 2.61. The Labute approximate surface area is 110 Å². The van der Waals surface area contributed by atoms with Crippen LogP contribution in [0.4, 0.5) is 0 Å². The van der Waals surface area contributed by atoms with Gasteiger partial charge in [-0.05, 0) is 12.1 Å². The molecule has 6 heteroatoms. The van der Waals surface area contributed by atoms with Gasteiger partial charge in [0.2, 0.25) is 0 Å². The third kappa shape index (κ3) is 3.30. The second-order valence-electron chi connectivity index (χ2n) is 3.85. The third-order valence-corrected chi connectivity index (χ3v) is 2.61. The summed E-state index contributed by atoms with van der Waals surface area (Å²) in [6, 6.07) is 11.4. The van der Waals surface area contributed by atoms with E-state index in [1.54, 1.807) is 0 Å². The normalized spacial score (nSPS) is 10.1. The van der Waals surface area contributed by atoms with Crippen molar-refractivity contribution in [1.82, 2.24) is 15.0 Å². The molecule has 0 aliphatic rings. The minimum atomic E-state index is -0.0409. The number of rotatable bonds is 6. The molecule has 0 radical (unpaired) electrons. The highest BCUT2D eigenvalue weighted by atomic mass is 16.5. The van der Waals surface area contributed by atoms with E-state index in [1.165, 1.54) is 4.68 Å². The molecule has 0 spiro atoms. The number of nitriles is 1. The molecule has 0 aliphatic carbocycles. The van der Waals surface area contributed by atoms with E-state index in [0.29, 0.717) is 25.3 Å². The number of aliphatic hydroxyl groups excluding tert-OH is 1. The van der Waals surface area contributed by atoms with E-state index in [-0.39, 0.29) is 12.3 Å². The molecule has 1 aromatic heterocycles. The molecule has 6 nitrogen and oxygen atoms in total. The fourth-order valence-electron chi connectivity index (χ4n) is 1.72. The molecule has 1 N–H and O–H groups in total. The van der Waals surface area contributed by atoms with Crippen molar-refractivity contribution in [1.29, 1.82) is 5.26 Å². The molecule has 1 aromatic carbocycles. The van der Waals surface area contributed by atoms with E-state index < -0.39 is 0 Å². The number of aromatic nitrogens is 3. The molecule has 0 unspecified atom stereocenters. The maximum Gasteiger partial charge on any atom is 0.185 e. The van der Waals surface area contributed by atoms with Crippen molar-refractivity contribution < 1.29 is 9.84 Å². The van der Waals surface area contributed by atoms with Crippen LogP contribution >= 0.6 is 0 Å². The van der Waals surface area contributed by atoms with Gasteiger partial charge in [0.15, 0.2) is 5.69 Å². The van der Waals surface area contributed by atoms with Crippen molar-refractivity contribution in [2.45, 2.75) is 13.0 Å². The van der Waals surface area contributed by atoms with Gasteiger partial charge >= 0.3 is 0 Å². The highest BCUT2D eigenvalue weighted by Crippen LogP contribution is 2.10. The number of aliphatic hydroxyl groups is 1. The molecule has 2 rings (SSSR count). The van der Waals surface area contributed by atoms with E-state index in [1.807, 2.05) is 36.4 Å². The Kier molecular flexibility index (Phi) is 4.48. The molecule has 2 aromatic rings. The quantitative estimate of drug-likeness (QED) is 0.827. The highest BCUT2D eigenvalue weighted by molar-refractivity contribution is 5.25. The topological polar surface area (TPSA) is 84.0 Å². The highest BCUT2D eigenvalue weighted by Gasteiger charge is 2.12. The van der Waals surface area contributed by atoms with Crippen LogP contribution in [0.5, 0.6) is 5.75 Å². The second-order valence-corrected chi connectivity index (χ2v) is 3.85. The summed E-state index contributed by atoms with van der Waals surface area (Å²) in [4.78, 5) is 0. The predicted molar refractivity (Wildman–Crippen MR) is 67.5 cm³/mol.